The van der Waals surface area contributed by atoms with Gasteiger partial charge in [0.25, 0.3) is 0 Å². The van der Waals surface area contributed by atoms with Crippen LogP contribution in [0.2, 0.25) is 5.02 Å². The summed E-state index contributed by atoms with van der Waals surface area (Å²) in [5.74, 6) is -0.261. The van der Waals surface area contributed by atoms with Crippen LogP contribution in [0.25, 0.3) is 0 Å². The molecule has 1 aromatic heterocycles. The number of amides is 2. The minimum atomic E-state index is -0.866. The number of hydrogen-bond donors (Lipinski definition) is 4. The lowest BCUT2D eigenvalue weighted by atomic mass is 9.68. The van der Waals surface area contributed by atoms with Crippen molar-refractivity contribution in [1.29, 1.82) is 5.41 Å². The highest BCUT2D eigenvalue weighted by Crippen LogP contribution is 2.46. The molecule has 0 aliphatic carbocycles. The maximum absolute atomic E-state index is 13.0. The largest absolute Gasteiger partial charge is 0.398 e. The lowest BCUT2D eigenvalue weighted by molar-refractivity contribution is -0.0146. The fourth-order valence-corrected chi connectivity index (χ4v) is 4.48. The summed E-state index contributed by atoms with van der Waals surface area (Å²) in [6.45, 7) is 5.32. The molecule has 0 radical (unpaired) electrons. The quantitative estimate of drug-likeness (QED) is 0.382. The first-order valence-corrected chi connectivity index (χ1v) is 10.9. The van der Waals surface area contributed by atoms with Crippen LogP contribution in [0.1, 0.15) is 49.6 Å². The molecule has 0 saturated carbocycles. The summed E-state index contributed by atoms with van der Waals surface area (Å²) in [5.41, 5.74) is 7.61. The molecule has 0 spiro atoms. The lowest BCUT2D eigenvalue weighted by Crippen LogP contribution is -2.47. The summed E-state index contributed by atoms with van der Waals surface area (Å²) in [7, 11) is 0. The molecule has 1 saturated heterocycles. The van der Waals surface area contributed by atoms with Gasteiger partial charge in [0.05, 0.1) is 24.5 Å². The number of nitrogens with one attached hydrogen (secondary N) is 2. The normalized spacial score (nSPS) is 16.0. The van der Waals surface area contributed by atoms with Crippen LogP contribution in [0.15, 0.2) is 30.5 Å². The molecule has 1 aliphatic heterocycles. The number of rotatable bonds is 6. The second kappa shape index (κ2) is 9.83. The fourth-order valence-electron chi connectivity index (χ4n) is 4.25. The number of carbonyl (C=O) groups is 1. The molecule has 1 unspecified atom stereocenters. The van der Waals surface area contributed by atoms with Gasteiger partial charge in [-0.15, -0.1) is 0 Å². The highest BCUT2D eigenvalue weighted by Gasteiger charge is 2.40. The van der Waals surface area contributed by atoms with Crippen molar-refractivity contribution in [2.24, 2.45) is 11.3 Å². The molecule has 9 heteroatoms. The molecule has 1 aliphatic rings. The van der Waals surface area contributed by atoms with Crippen LogP contribution < -0.4 is 11.1 Å². The van der Waals surface area contributed by atoms with E-state index >= 15 is 0 Å². The van der Waals surface area contributed by atoms with Gasteiger partial charge in [0, 0.05) is 41.1 Å². The van der Waals surface area contributed by atoms with Crippen molar-refractivity contribution in [2.75, 3.05) is 18.8 Å². The van der Waals surface area contributed by atoms with E-state index in [1.807, 2.05) is 13.8 Å². The standard InChI is InChI=1S/C23H29ClFN5O2/c1-23(2,21(31)19-10-16(24)9-14(11-26)20(19)27)15-5-7-30(8-6-15)22(32)29-13-18-4-3-17(25)12-28-18/h3-4,9-12,15,21,26,31H,5-8,13,27H2,1-2H3,(H,29,32). The lowest BCUT2D eigenvalue weighted by Gasteiger charge is -2.43. The van der Waals surface area contributed by atoms with Gasteiger partial charge >= 0.3 is 6.03 Å². The second-order valence-electron chi connectivity index (χ2n) is 8.75. The Kier molecular flexibility index (Phi) is 7.36. The van der Waals surface area contributed by atoms with Crippen LogP contribution in [0.4, 0.5) is 14.9 Å². The van der Waals surface area contributed by atoms with Crippen LogP contribution in [0.3, 0.4) is 0 Å². The number of pyridine rings is 1. The molecule has 2 amide bonds. The monoisotopic (exact) mass is 461 g/mol. The number of nitrogen functional groups attached to an aromatic ring is 1. The molecule has 1 atom stereocenters. The van der Waals surface area contributed by atoms with Crippen molar-refractivity contribution in [3.8, 4) is 0 Å². The molecule has 2 aromatic rings. The van der Waals surface area contributed by atoms with E-state index in [9.17, 15) is 14.3 Å². The maximum atomic E-state index is 13.0. The molecular formula is C23H29ClFN5O2. The Hall–Kier alpha value is -2.71. The number of likely N-dealkylation sites (tertiary alicyclic amines) is 1. The van der Waals surface area contributed by atoms with Gasteiger partial charge in [-0.2, -0.15) is 0 Å². The number of carbonyl (C=O) groups excluding carboxylic acids is 1. The van der Waals surface area contributed by atoms with E-state index in [0.717, 1.165) is 25.3 Å². The van der Waals surface area contributed by atoms with Crippen LogP contribution in [-0.2, 0) is 6.54 Å². The molecule has 3 rings (SSSR count). The summed E-state index contributed by atoms with van der Waals surface area (Å²) in [5, 5.41) is 22.0. The first kappa shape index (κ1) is 23.9. The number of aromatic nitrogens is 1. The molecule has 172 valence electrons. The Morgan fingerprint density at radius 1 is 1.44 bits per heavy atom. The van der Waals surface area contributed by atoms with E-state index in [1.165, 1.54) is 12.1 Å². The predicted octanol–water partition coefficient (Wildman–Crippen LogP) is 4.14. The van der Waals surface area contributed by atoms with E-state index in [4.69, 9.17) is 22.7 Å². The average molecular weight is 462 g/mol. The molecular weight excluding hydrogens is 433 g/mol. The third kappa shape index (κ3) is 5.19. The molecule has 5 N–H and O–H groups in total. The molecule has 0 bridgehead atoms. The highest BCUT2D eigenvalue weighted by atomic mass is 35.5. The number of urea groups is 1. The van der Waals surface area contributed by atoms with E-state index in [-0.39, 0.29) is 18.5 Å². The number of piperidine rings is 1. The first-order valence-electron chi connectivity index (χ1n) is 10.5. The highest BCUT2D eigenvalue weighted by molar-refractivity contribution is 6.31. The van der Waals surface area contributed by atoms with Crippen LogP contribution in [-0.4, -0.2) is 40.3 Å². The van der Waals surface area contributed by atoms with Crippen LogP contribution >= 0.6 is 11.6 Å². The summed E-state index contributed by atoms with van der Waals surface area (Å²) in [4.78, 5) is 18.2. The number of hydrogen-bond acceptors (Lipinski definition) is 5. The van der Waals surface area contributed by atoms with Gasteiger partial charge in [-0.05, 0) is 48.4 Å². The average Bonchev–Trinajstić information content (AvgIpc) is 2.79. The summed E-state index contributed by atoms with van der Waals surface area (Å²) >= 11 is 6.17. The van der Waals surface area contributed by atoms with Crippen LogP contribution in [0.5, 0.6) is 0 Å². The van der Waals surface area contributed by atoms with E-state index in [1.54, 1.807) is 17.0 Å². The summed E-state index contributed by atoms with van der Waals surface area (Å²) in [6, 6.07) is 5.92. The minimum absolute atomic E-state index is 0.155. The smallest absolute Gasteiger partial charge is 0.317 e. The zero-order chi connectivity index (χ0) is 23.5. The Bertz CT molecular complexity index is 975. The molecule has 1 fully saturated rings. The van der Waals surface area contributed by atoms with Crippen molar-refractivity contribution in [3.05, 3.63) is 58.1 Å². The second-order valence-corrected chi connectivity index (χ2v) is 9.19. The zero-order valence-corrected chi connectivity index (χ0v) is 19.0. The third-order valence-corrected chi connectivity index (χ3v) is 6.63. The topological polar surface area (TPSA) is 115 Å². The number of benzene rings is 1. The summed E-state index contributed by atoms with van der Waals surface area (Å²) < 4.78 is 13.0. The number of aliphatic hydroxyl groups is 1. The van der Waals surface area contributed by atoms with Crippen molar-refractivity contribution in [3.63, 3.8) is 0 Å². The van der Waals surface area contributed by atoms with E-state index < -0.39 is 17.3 Å². The molecule has 1 aromatic carbocycles. The van der Waals surface area contributed by atoms with Crippen molar-refractivity contribution in [1.82, 2.24) is 15.2 Å². The maximum Gasteiger partial charge on any atom is 0.317 e. The van der Waals surface area contributed by atoms with Crippen molar-refractivity contribution in [2.45, 2.75) is 39.3 Å². The number of aliphatic hydroxyl groups excluding tert-OH is 1. The van der Waals surface area contributed by atoms with Gasteiger partial charge in [0.1, 0.15) is 5.82 Å². The molecule has 2 heterocycles. The summed E-state index contributed by atoms with van der Waals surface area (Å²) in [6.07, 6.45) is 2.84. The Balaban J connectivity index is 1.61. The first-order chi connectivity index (χ1) is 15.1. The fraction of sp³-hybridized carbons (Fsp3) is 0.435. The number of nitrogens with two attached hydrogens (primary N) is 1. The SMILES string of the molecule is CC(C)(C1CCN(C(=O)NCc2ccc(F)cn2)CC1)C(O)c1cc(Cl)cc(C=N)c1N. The van der Waals surface area contributed by atoms with Gasteiger partial charge in [0.2, 0.25) is 0 Å². The molecule has 7 nitrogen and oxygen atoms in total. The Morgan fingerprint density at radius 3 is 2.72 bits per heavy atom. The van der Waals surface area contributed by atoms with Gasteiger partial charge in [-0.3, -0.25) is 4.98 Å². The molecule has 32 heavy (non-hydrogen) atoms. The minimum Gasteiger partial charge on any atom is -0.398 e. The van der Waals surface area contributed by atoms with Crippen molar-refractivity contribution < 1.29 is 14.3 Å². The Morgan fingerprint density at radius 2 is 2.12 bits per heavy atom. The third-order valence-electron chi connectivity index (χ3n) is 6.41. The predicted molar refractivity (Wildman–Crippen MR) is 123 cm³/mol. The van der Waals surface area contributed by atoms with Crippen LogP contribution in [0, 0.1) is 22.6 Å². The van der Waals surface area contributed by atoms with Gasteiger partial charge in [-0.25, -0.2) is 9.18 Å². The zero-order valence-electron chi connectivity index (χ0n) is 18.2. The van der Waals surface area contributed by atoms with Gasteiger partial charge in [-0.1, -0.05) is 25.4 Å². The van der Waals surface area contributed by atoms with E-state index in [0.29, 0.717) is 40.6 Å². The van der Waals surface area contributed by atoms with Gasteiger partial charge in [0.15, 0.2) is 0 Å². The number of halogens is 2. The number of nitrogens with zero attached hydrogens (tertiary/aromatic N) is 2. The van der Waals surface area contributed by atoms with E-state index in [2.05, 4.69) is 10.3 Å². The number of anilines is 1. The van der Waals surface area contributed by atoms with Crippen molar-refractivity contribution >= 4 is 29.5 Å². The van der Waals surface area contributed by atoms with Gasteiger partial charge < -0.3 is 26.5 Å². The Labute approximate surface area is 192 Å².